The zero-order valence-corrected chi connectivity index (χ0v) is 17.6. The molecule has 8 nitrogen and oxygen atoms in total. The van der Waals surface area contributed by atoms with Crippen molar-refractivity contribution in [2.75, 3.05) is 32.4 Å². The fraction of sp³-hybridized carbons (Fsp3) is 0.190. The Labute approximate surface area is 177 Å². The van der Waals surface area contributed by atoms with Gasteiger partial charge in [0.2, 0.25) is 5.91 Å². The van der Waals surface area contributed by atoms with Gasteiger partial charge in [0, 0.05) is 29.8 Å². The van der Waals surface area contributed by atoms with Crippen molar-refractivity contribution < 1.29 is 19.0 Å². The standard InChI is InChI=1S/C21H21N3O5S/c1-27-16-7-5-15(6-8-16)24-11-10-22-20(21(24)26)30-13-19(25)23-14-4-9-17(28-2)18(12-14)29-3/h4-12H,13H2,1-3H3,(H,23,25). The van der Waals surface area contributed by atoms with E-state index in [9.17, 15) is 9.59 Å². The highest BCUT2D eigenvalue weighted by Crippen LogP contribution is 2.29. The van der Waals surface area contributed by atoms with Crippen molar-refractivity contribution in [1.29, 1.82) is 0 Å². The van der Waals surface area contributed by atoms with Crippen LogP contribution in [0.3, 0.4) is 0 Å². The van der Waals surface area contributed by atoms with Gasteiger partial charge in [0.05, 0.1) is 27.1 Å². The van der Waals surface area contributed by atoms with Gasteiger partial charge in [0.25, 0.3) is 5.56 Å². The Kier molecular flexibility index (Phi) is 6.97. The number of ether oxygens (including phenoxy) is 3. The summed E-state index contributed by atoms with van der Waals surface area (Å²) in [7, 11) is 4.64. The topological polar surface area (TPSA) is 91.7 Å². The van der Waals surface area contributed by atoms with E-state index in [4.69, 9.17) is 14.2 Å². The number of aromatic nitrogens is 2. The molecule has 0 spiro atoms. The quantitative estimate of drug-likeness (QED) is 0.553. The third-order valence-corrected chi connectivity index (χ3v) is 5.13. The highest BCUT2D eigenvalue weighted by atomic mass is 32.2. The second-order valence-corrected chi connectivity index (χ2v) is 6.98. The van der Waals surface area contributed by atoms with E-state index in [2.05, 4.69) is 10.3 Å². The Balaban J connectivity index is 1.68. The largest absolute Gasteiger partial charge is 0.497 e. The molecule has 1 N–H and O–H groups in total. The normalized spacial score (nSPS) is 10.4. The van der Waals surface area contributed by atoms with E-state index >= 15 is 0 Å². The molecular weight excluding hydrogens is 406 g/mol. The summed E-state index contributed by atoms with van der Waals surface area (Å²) in [5.41, 5.74) is 0.946. The van der Waals surface area contributed by atoms with Crippen molar-refractivity contribution in [1.82, 2.24) is 9.55 Å². The summed E-state index contributed by atoms with van der Waals surface area (Å²) in [5, 5.41) is 3.00. The number of anilines is 1. The monoisotopic (exact) mass is 427 g/mol. The van der Waals surface area contributed by atoms with E-state index in [1.807, 2.05) is 0 Å². The number of carbonyl (C=O) groups is 1. The van der Waals surface area contributed by atoms with Crippen molar-refractivity contribution in [2.24, 2.45) is 0 Å². The zero-order valence-electron chi connectivity index (χ0n) is 16.7. The van der Waals surface area contributed by atoms with Crippen LogP contribution in [-0.4, -0.2) is 42.5 Å². The Bertz CT molecular complexity index is 1080. The molecule has 0 aliphatic heterocycles. The Hall–Kier alpha value is -3.46. The van der Waals surface area contributed by atoms with E-state index in [0.29, 0.717) is 28.6 Å². The number of hydrogen-bond acceptors (Lipinski definition) is 7. The number of thioether (sulfide) groups is 1. The van der Waals surface area contributed by atoms with Crippen LogP contribution in [0.5, 0.6) is 17.2 Å². The summed E-state index contributed by atoms with van der Waals surface area (Å²) in [6, 6.07) is 12.2. The number of benzene rings is 2. The molecule has 156 valence electrons. The predicted octanol–water partition coefficient (Wildman–Crippen LogP) is 2.99. The molecule has 0 fully saturated rings. The van der Waals surface area contributed by atoms with Crippen LogP contribution >= 0.6 is 11.8 Å². The van der Waals surface area contributed by atoms with Gasteiger partial charge in [0.1, 0.15) is 5.75 Å². The molecule has 0 unspecified atom stereocenters. The second-order valence-electron chi connectivity index (χ2n) is 6.01. The zero-order chi connectivity index (χ0) is 21.5. The van der Waals surface area contributed by atoms with Crippen LogP contribution < -0.4 is 25.1 Å². The maximum atomic E-state index is 12.7. The van der Waals surface area contributed by atoms with Gasteiger partial charge in [-0.3, -0.25) is 14.2 Å². The smallest absolute Gasteiger partial charge is 0.287 e. The van der Waals surface area contributed by atoms with Crippen LogP contribution in [0.15, 0.2) is 64.7 Å². The van der Waals surface area contributed by atoms with E-state index in [0.717, 1.165) is 11.8 Å². The van der Waals surface area contributed by atoms with Crippen molar-refractivity contribution in [2.45, 2.75) is 5.03 Å². The fourth-order valence-corrected chi connectivity index (χ4v) is 3.38. The number of hydrogen-bond donors (Lipinski definition) is 1. The summed E-state index contributed by atoms with van der Waals surface area (Å²) in [4.78, 5) is 29.2. The molecule has 0 bridgehead atoms. The van der Waals surface area contributed by atoms with Gasteiger partial charge in [0.15, 0.2) is 16.5 Å². The minimum Gasteiger partial charge on any atom is -0.497 e. The van der Waals surface area contributed by atoms with Crippen LogP contribution in [0, 0.1) is 0 Å². The van der Waals surface area contributed by atoms with Crippen molar-refractivity contribution in [3.63, 3.8) is 0 Å². The van der Waals surface area contributed by atoms with Crippen molar-refractivity contribution >= 4 is 23.4 Å². The Morgan fingerprint density at radius 3 is 2.43 bits per heavy atom. The number of nitrogens with one attached hydrogen (secondary N) is 1. The van der Waals surface area contributed by atoms with Gasteiger partial charge in [-0.1, -0.05) is 11.8 Å². The van der Waals surface area contributed by atoms with E-state index in [-0.39, 0.29) is 22.2 Å². The summed E-state index contributed by atoms with van der Waals surface area (Å²) < 4.78 is 17.0. The molecule has 30 heavy (non-hydrogen) atoms. The first-order valence-electron chi connectivity index (χ1n) is 8.92. The fourth-order valence-electron chi connectivity index (χ4n) is 2.68. The van der Waals surface area contributed by atoms with E-state index < -0.39 is 0 Å². The average Bonchev–Trinajstić information content (AvgIpc) is 2.78. The number of methoxy groups -OCH3 is 3. The number of amides is 1. The van der Waals surface area contributed by atoms with Gasteiger partial charge >= 0.3 is 0 Å². The Morgan fingerprint density at radius 2 is 1.77 bits per heavy atom. The molecule has 0 atom stereocenters. The summed E-state index contributed by atoms with van der Waals surface area (Å²) in [5.74, 6) is 1.53. The van der Waals surface area contributed by atoms with Crippen molar-refractivity contribution in [3.8, 4) is 22.9 Å². The summed E-state index contributed by atoms with van der Waals surface area (Å²) in [6.45, 7) is 0. The lowest BCUT2D eigenvalue weighted by atomic mass is 10.2. The molecule has 2 aromatic carbocycles. The lowest BCUT2D eigenvalue weighted by molar-refractivity contribution is -0.113. The molecule has 1 heterocycles. The molecule has 3 rings (SSSR count). The minimum atomic E-state index is -0.299. The summed E-state index contributed by atoms with van der Waals surface area (Å²) >= 11 is 1.07. The Morgan fingerprint density at radius 1 is 1.03 bits per heavy atom. The second kappa shape index (κ2) is 9.84. The first-order chi connectivity index (χ1) is 14.5. The maximum absolute atomic E-state index is 12.7. The van der Waals surface area contributed by atoms with E-state index in [1.54, 1.807) is 62.9 Å². The maximum Gasteiger partial charge on any atom is 0.287 e. The van der Waals surface area contributed by atoms with Gasteiger partial charge in [-0.05, 0) is 36.4 Å². The van der Waals surface area contributed by atoms with Crippen LogP contribution in [0.4, 0.5) is 5.69 Å². The van der Waals surface area contributed by atoms with Crippen molar-refractivity contribution in [3.05, 3.63) is 65.2 Å². The van der Waals surface area contributed by atoms with Gasteiger partial charge in [-0.2, -0.15) is 0 Å². The molecule has 0 aliphatic carbocycles. The van der Waals surface area contributed by atoms with Crippen LogP contribution in [0.25, 0.3) is 5.69 Å². The molecule has 1 amide bonds. The first kappa shape index (κ1) is 21.3. The molecule has 0 aliphatic rings. The third kappa shape index (κ3) is 4.93. The molecule has 3 aromatic rings. The predicted molar refractivity (Wildman–Crippen MR) is 115 cm³/mol. The molecule has 0 saturated carbocycles. The van der Waals surface area contributed by atoms with Crippen LogP contribution in [0.1, 0.15) is 0 Å². The lowest BCUT2D eigenvalue weighted by Gasteiger charge is -2.11. The van der Waals surface area contributed by atoms with Gasteiger partial charge in [-0.25, -0.2) is 4.98 Å². The SMILES string of the molecule is COc1ccc(-n2ccnc(SCC(=O)Nc3ccc(OC)c(OC)c3)c2=O)cc1. The highest BCUT2D eigenvalue weighted by molar-refractivity contribution is 7.99. The third-order valence-electron chi connectivity index (χ3n) is 4.17. The van der Waals surface area contributed by atoms with Gasteiger partial charge < -0.3 is 19.5 Å². The van der Waals surface area contributed by atoms with Crippen LogP contribution in [-0.2, 0) is 4.79 Å². The number of nitrogens with zero attached hydrogens (tertiary/aromatic N) is 2. The minimum absolute atomic E-state index is 0.0310. The molecular formula is C21H21N3O5S. The van der Waals surface area contributed by atoms with Gasteiger partial charge in [-0.15, -0.1) is 0 Å². The molecule has 1 aromatic heterocycles. The lowest BCUT2D eigenvalue weighted by Crippen LogP contribution is -2.22. The summed E-state index contributed by atoms with van der Waals surface area (Å²) in [6.07, 6.45) is 3.11. The van der Waals surface area contributed by atoms with Crippen LogP contribution in [0.2, 0.25) is 0 Å². The highest BCUT2D eigenvalue weighted by Gasteiger charge is 2.12. The molecule has 9 heteroatoms. The van der Waals surface area contributed by atoms with E-state index in [1.165, 1.54) is 17.9 Å². The number of carbonyl (C=O) groups excluding carboxylic acids is 1. The number of rotatable bonds is 8. The first-order valence-corrected chi connectivity index (χ1v) is 9.91. The average molecular weight is 427 g/mol. The molecule has 0 saturated heterocycles. The molecule has 0 radical (unpaired) electrons.